The summed E-state index contributed by atoms with van der Waals surface area (Å²) in [5.74, 6) is 1.88. The smallest absolute Gasteiger partial charge is 0.124 e. The summed E-state index contributed by atoms with van der Waals surface area (Å²) in [5, 5.41) is 3.48. The molecule has 0 bridgehead atoms. The molecule has 2 rings (SSSR count). The molecule has 5 heteroatoms. The van der Waals surface area contributed by atoms with Crippen LogP contribution in [0.4, 0.5) is 0 Å². The predicted octanol–water partition coefficient (Wildman–Crippen LogP) is 2.43. The summed E-state index contributed by atoms with van der Waals surface area (Å²) in [6.45, 7) is 3.42. The Morgan fingerprint density at radius 1 is 1.33 bits per heavy atom. The van der Waals surface area contributed by atoms with Crippen LogP contribution in [0, 0.1) is 0 Å². The Kier molecular flexibility index (Phi) is 5.36. The van der Waals surface area contributed by atoms with E-state index in [9.17, 15) is 0 Å². The van der Waals surface area contributed by atoms with Crippen molar-refractivity contribution < 1.29 is 9.47 Å². The summed E-state index contributed by atoms with van der Waals surface area (Å²) in [6.07, 6.45) is 3.76. The summed E-state index contributed by atoms with van der Waals surface area (Å²) in [4.78, 5) is 4.32. The molecule has 2 aromatic rings. The normalized spacial score (nSPS) is 12.4. The number of aromatic nitrogens is 2. The summed E-state index contributed by atoms with van der Waals surface area (Å²) >= 11 is 0. The first-order chi connectivity index (χ1) is 10.2. The Labute approximate surface area is 125 Å². The van der Waals surface area contributed by atoms with Gasteiger partial charge in [-0.15, -0.1) is 0 Å². The third-order valence-electron chi connectivity index (χ3n) is 3.59. The third-order valence-corrected chi connectivity index (χ3v) is 3.59. The summed E-state index contributed by atoms with van der Waals surface area (Å²) in [6, 6.07) is 6.41. The zero-order chi connectivity index (χ0) is 15.2. The predicted molar refractivity (Wildman–Crippen MR) is 82.2 cm³/mol. The number of hydrogen-bond donors (Lipinski definition) is 1. The number of methoxy groups -OCH3 is 2. The molecule has 1 aromatic heterocycles. The van der Waals surface area contributed by atoms with Gasteiger partial charge in [-0.1, -0.05) is 6.07 Å². The molecule has 1 unspecified atom stereocenters. The van der Waals surface area contributed by atoms with E-state index < -0.39 is 0 Å². The Bertz CT molecular complexity index is 581. The molecule has 1 atom stereocenters. The maximum absolute atomic E-state index is 5.35. The largest absolute Gasteiger partial charge is 0.496 e. The maximum atomic E-state index is 5.35. The second-order valence-corrected chi connectivity index (χ2v) is 5.06. The van der Waals surface area contributed by atoms with Gasteiger partial charge in [0.05, 0.1) is 20.3 Å². The second kappa shape index (κ2) is 7.24. The van der Waals surface area contributed by atoms with Crippen LogP contribution < -0.4 is 10.1 Å². The monoisotopic (exact) mass is 289 g/mol. The summed E-state index contributed by atoms with van der Waals surface area (Å²) in [5.41, 5.74) is 2.26. The molecule has 0 aliphatic rings. The van der Waals surface area contributed by atoms with Gasteiger partial charge in [0.15, 0.2) is 0 Å². The maximum Gasteiger partial charge on any atom is 0.124 e. The summed E-state index contributed by atoms with van der Waals surface area (Å²) < 4.78 is 12.6. The zero-order valence-corrected chi connectivity index (χ0v) is 13.1. The number of benzene rings is 1. The molecule has 1 heterocycles. The van der Waals surface area contributed by atoms with Crippen molar-refractivity contribution in [1.82, 2.24) is 14.9 Å². The van der Waals surface area contributed by atoms with Crippen molar-refractivity contribution in [2.24, 2.45) is 7.05 Å². The van der Waals surface area contributed by atoms with Crippen molar-refractivity contribution in [2.45, 2.75) is 26.1 Å². The highest BCUT2D eigenvalue weighted by Crippen LogP contribution is 2.24. The van der Waals surface area contributed by atoms with E-state index in [0.717, 1.165) is 23.7 Å². The van der Waals surface area contributed by atoms with Crippen LogP contribution in [0.2, 0.25) is 0 Å². The summed E-state index contributed by atoms with van der Waals surface area (Å²) in [7, 11) is 5.37. The van der Waals surface area contributed by atoms with E-state index in [0.29, 0.717) is 6.61 Å². The number of nitrogens with one attached hydrogen (secondary N) is 1. The van der Waals surface area contributed by atoms with Crippen LogP contribution in [-0.2, 0) is 24.9 Å². The Morgan fingerprint density at radius 3 is 2.76 bits per heavy atom. The minimum Gasteiger partial charge on any atom is -0.496 e. The Hall–Kier alpha value is -1.85. The van der Waals surface area contributed by atoms with Crippen molar-refractivity contribution in [3.63, 3.8) is 0 Å². The van der Waals surface area contributed by atoms with Crippen molar-refractivity contribution >= 4 is 0 Å². The second-order valence-electron chi connectivity index (χ2n) is 5.06. The van der Waals surface area contributed by atoms with Crippen LogP contribution in [0.3, 0.4) is 0 Å². The first-order valence-electron chi connectivity index (χ1n) is 7.01. The van der Waals surface area contributed by atoms with E-state index in [4.69, 9.17) is 9.47 Å². The lowest BCUT2D eigenvalue weighted by Crippen LogP contribution is -2.20. The van der Waals surface area contributed by atoms with Crippen molar-refractivity contribution in [3.05, 3.63) is 47.5 Å². The van der Waals surface area contributed by atoms with Gasteiger partial charge in [-0.2, -0.15) is 0 Å². The van der Waals surface area contributed by atoms with Gasteiger partial charge in [-0.05, 0) is 24.6 Å². The fourth-order valence-corrected chi connectivity index (χ4v) is 2.27. The van der Waals surface area contributed by atoms with Crippen LogP contribution in [0.15, 0.2) is 30.6 Å². The third kappa shape index (κ3) is 3.83. The number of aryl methyl sites for hydroxylation is 1. The van der Waals surface area contributed by atoms with Gasteiger partial charge in [0.1, 0.15) is 11.6 Å². The van der Waals surface area contributed by atoms with Gasteiger partial charge in [0.25, 0.3) is 0 Å². The molecule has 5 nitrogen and oxygen atoms in total. The molecule has 0 spiro atoms. The van der Waals surface area contributed by atoms with Gasteiger partial charge in [0.2, 0.25) is 0 Å². The molecule has 0 saturated carbocycles. The molecule has 0 saturated heterocycles. The lowest BCUT2D eigenvalue weighted by molar-refractivity contribution is 0.181. The molecule has 0 fully saturated rings. The number of rotatable bonds is 7. The van der Waals surface area contributed by atoms with Crippen LogP contribution >= 0.6 is 0 Å². The van der Waals surface area contributed by atoms with Crippen LogP contribution in [0.1, 0.15) is 29.9 Å². The topological polar surface area (TPSA) is 48.3 Å². The number of ether oxygens (including phenoxy) is 2. The Balaban J connectivity index is 2.06. The van der Waals surface area contributed by atoms with Gasteiger partial charge < -0.3 is 19.4 Å². The molecular formula is C16H23N3O2. The Morgan fingerprint density at radius 2 is 2.14 bits per heavy atom. The molecule has 0 amide bonds. The first kappa shape index (κ1) is 15.5. The van der Waals surface area contributed by atoms with Crippen molar-refractivity contribution in [2.75, 3.05) is 14.2 Å². The molecule has 114 valence electrons. The number of nitrogens with zero attached hydrogens (tertiary/aromatic N) is 2. The minimum absolute atomic E-state index is 0.225. The molecule has 1 N–H and O–H groups in total. The number of imidazole rings is 1. The SMILES string of the molecule is COCc1cc(C(C)NCc2nccn2C)ccc1OC. The lowest BCUT2D eigenvalue weighted by atomic mass is 10.0. The average molecular weight is 289 g/mol. The standard InChI is InChI=1S/C16H23N3O2/c1-12(18-10-16-17-7-8-19(16)2)13-5-6-15(21-4)14(9-13)11-20-3/h5-9,12,18H,10-11H2,1-4H3. The highest BCUT2D eigenvalue weighted by Gasteiger charge is 2.10. The van der Waals surface area contributed by atoms with Gasteiger partial charge in [0, 0.05) is 38.2 Å². The van der Waals surface area contributed by atoms with E-state index in [2.05, 4.69) is 29.4 Å². The average Bonchev–Trinajstić information content (AvgIpc) is 2.90. The van der Waals surface area contributed by atoms with Crippen LogP contribution in [0.25, 0.3) is 0 Å². The van der Waals surface area contributed by atoms with Gasteiger partial charge >= 0.3 is 0 Å². The zero-order valence-electron chi connectivity index (χ0n) is 13.1. The number of hydrogen-bond acceptors (Lipinski definition) is 4. The van der Waals surface area contributed by atoms with Crippen molar-refractivity contribution in [1.29, 1.82) is 0 Å². The van der Waals surface area contributed by atoms with Crippen LogP contribution in [-0.4, -0.2) is 23.8 Å². The first-order valence-corrected chi connectivity index (χ1v) is 7.01. The molecular weight excluding hydrogens is 266 g/mol. The van der Waals surface area contributed by atoms with E-state index in [1.165, 1.54) is 5.56 Å². The molecule has 0 aliphatic heterocycles. The lowest BCUT2D eigenvalue weighted by Gasteiger charge is -2.17. The fraction of sp³-hybridized carbons (Fsp3) is 0.438. The van der Waals surface area contributed by atoms with E-state index in [1.807, 2.05) is 30.1 Å². The van der Waals surface area contributed by atoms with Gasteiger partial charge in [-0.25, -0.2) is 4.98 Å². The van der Waals surface area contributed by atoms with Gasteiger partial charge in [-0.3, -0.25) is 0 Å². The van der Waals surface area contributed by atoms with E-state index in [1.54, 1.807) is 14.2 Å². The van der Waals surface area contributed by atoms with E-state index in [-0.39, 0.29) is 6.04 Å². The van der Waals surface area contributed by atoms with Crippen molar-refractivity contribution in [3.8, 4) is 5.75 Å². The minimum atomic E-state index is 0.225. The molecule has 0 radical (unpaired) electrons. The quantitative estimate of drug-likeness (QED) is 0.850. The molecule has 0 aliphatic carbocycles. The highest BCUT2D eigenvalue weighted by molar-refractivity contribution is 5.38. The highest BCUT2D eigenvalue weighted by atomic mass is 16.5. The fourth-order valence-electron chi connectivity index (χ4n) is 2.27. The van der Waals surface area contributed by atoms with E-state index >= 15 is 0 Å². The van der Waals surface area contributed by atoms with Crippen LogP contribution in [0.5, 0.6) is 5.75 Å². The molecule has 1 aromatic carbocycles. The molecule has 21 heavy (non-hydrogen) atoms.